The molecule has 0 amide bonds. The van der Waals surface area contributed by atoms with Crippen LogP contribution < -0.4 is 5.01 Å². The first-order valence-electron chi connectivity index (χ1n) is 8.38. The highest BCUT2D eigenvalue weighted by Crippen LogP contribution is 2.34. The summed E-state index contributed by atoms with van der Waals surface area (Å²) in [4.78, 5) is 34.9. The van der Waals surface area contributed by atoms with Gasteiger partial charge in [-0.3, -0.25) is 19.9 Å². The van der Waals surface area contributed by atoms with Gasteiger partial charge in [0.1, 0.15) is 0 Å². The summed E-state index contributed by atoms with van der Waals surface area (Å²) in [5.74, 6) is -1.18. The summed E-state index contributed by atoms with van der Waals surface area (Å²) < 4.78 is 4.92. The monoisotopic (exact) mass is 367 g/mol. The van der Waals surface area contributed by atoms with E-state index in [1.165, 1.54) is 29.3 Å². The number of nitro groups is 1. The fourth-order valence-electron chi connectivity index (χ4n) is 2.85. The molecule has 0 saturated heterocycles. The molecule has 138 valence electrons. The first kappa shape index (κ1) is 18.2. The van der Waals surface area contributed by atoms with Crippen LogP contribution in [0.15, 0.2) is 59.7 Å². The van der Waals surface area contributed by atoms with Crippen LogP contribution in [0.5, 0.6) is 0 Å². The molecule has 1 aliphatic heterocycles. The lowest BCUT2D eigenvalue weighted by Gasteiger charge is -2.33. The number of ether oxygens (including phenoxy) is 1. The first-order chi connectivity index (χ1) is 13.0. The van der Waals surface area contributed by atoms with Crippen molar-refractivity contribution in [2.24, 2.45) is 5.10 Å². The molecule has 1 atom stereocenters. The number of rotatable bonds is 5. The van der Waals surface area contributed by atoms with E-state index in [0.717, 1.165) is 5.56 Å². The average Bonchev–Trinajstić information content (AvgIpc) is 2.68. The number of Topliss-reactive ketones (excluding diaryl/α,β-unsaturated/α-hetero) is 1. The molecule has 3 rings (SSSR count). The number of ketones is 1. The van der Waals surface area contributed by atoms with Crippen molar-refractivity contribution >= 4 is 28.8 Å². The van der Waals surface area contributed by atoms with Gasteiger partial charge in [0, 0.05) is 18.6 Å². The van der Waals surface area contributed by atoms with Crippen molar-refractivity contribution in [2.45, 2.75) is 19.4 Å². The number of carbonyl (C=O) groups is 2. The van der Waals surface area contributed by atoms with Crippen LogP contribution in [0.3, 0.4) is 0 Å². The zero-order valence-corrected chi connectivity index (χ0v) is 14.6. The van der Waals surface area contributed by atoms with Crippen LogP contribution in [-0.4, -0.2) is 29.0 Å². The third kappa shape index (κ3) is 3.84. The minimum Gasteiger partial charge on any atom is -0.461 e. The molecular weight excluding hydrogens is 350 g/mol. The molecule has 0 N–H and O–H groups in total. The van der Waals surface area contributed by atoms with Crippen molar-refractivity contribution in [3.05, 3.63) is 70.3 Å². The van der Waals surface area contributed by atoms with Gasteiger partial charge in [-0.15, -0.1) is 0 Å². The number of nitro benzene ring substituents is 1. The Bertz CT molecular complexity index is 893. The van der Waals surface area contributed by atoms with Gasteiger partial charge >= 0.3 is 5.97 Å². The van der Waals surface area contributed by atoms with Crippen LogP contribution in [0, 0.1) is 10.1 Å². The van der Waals surface area contributed by atoms with Gasteiger partial charge < -0.3 is 4.74 Å². The standard InChI is InChI=1S/C19H17N3O5/c1-2-27-19(24)18-17(23)12-16(13-6-4-3-5-7-13)21(20-18)14-8-10-15(11-9-14)22(25)26/h3-11,16H,2,12H2,1H3/t16-/m0/s1. The van der Waals surface area contributed by atoms with E-state index < -0.39 is 22.7 Å². The molecule has 8 heteroatoms. The molecule has 0 fully saturated rings. The Morgan fingerprint density at radius 2 is 1.89 bits per heavy atom. The SMILES string of the molecule is CCOC(=O)C1=NN(c2ccc([N+](=O)[O-])cc2)[C@H](c2ccccc2)CC1=O. The Morgan fingerprint density at radius 1 is 1.22 bits per heavy atom. The predicted molar refractivity (Wildman–Crippen MR) is 98.5 cm³/mol. The van der Waals surface area contributed by atoms with Crippen LogP contribution >= 0.6 is 0 Å². The Hall–Kier alpha value is -3.55. The first-order valence-corrected chi connectivity index (χ1v) is 8.38. The number of anilines is 1. The molecule has 0 unspecified atom stereocenters. The van der Waals surface area contributed by atoms with Crippen molar-refractivity contribution in [3.8, 4) is 0 Å². The van der Waals surface area contributed by atoms with Crippen molar-refractivity contribution in [3.63, 3.8) is 0 Å². The van der Waals surface area contributed by atoms with Crippen molar-refractivity contribution in [1.29, 1.82) is 0 Å². The summed E-state index contributed by atoms with van der Waals surface area (Å²) in [6, 6.07) is 14.6. The van der Waals surface area contributed by atoms with E-state index in [1.54, 1.807) is 6.92 Å². The maximum atomic E-state index is 12.5. The van der Waals surface area contributed by atoms with Crippen LogP contribution in [0.2, 0.25) is 0 Å². The van der Waals surface area contributed by atoms with E-state index in [0.29, 0.717) is 5.69 Å². The Balaban J connectivity index is 2.05. The normalized spacial score (nSPS) is 16.6. The van der Waals surface area contributed by atoms with Gasteiger partial charge in [0.2, 0.25) is 5.71 Å². The lowest BCUT2D eigenvalue weighted by atomic mass is 9.96. The summed E-state index contributed by atoms with van der Waals surface area (Å²) in [7, 11) is 0. The molecule has 8 nitrogen and oxygen atoms in total. The van der Waals surface area contributed by atoms with E-state index in [-0.39, 0.29) is 24.4 Å². The number of benzene rings is 2. The maximum absolute atomic E-state index is 12.5. The van der Waals surface area contributed by atoms with Gasteiger partial charge in [-0.1, -0.05) is 30.3 Å². The fraction of sp³-hybridized carbons (Fsp3) is 0.211. The van der Waals surface area contributed by atoms with Gasteiger partial charge in [0.25, 0.3) is 5.69 Å². The molecule has 0 spiro atoms. The second-order valence-corrected chi connectivity index (χ2v) is 5.84. The number of non-ortho nitro benzene ring substituents is 1. The van der Waals surface area contributed by atoms with Crippen LogP contribution in [0.1, 0.15) is 24.9 Å². The molecule has 0 bridgehead atoms. The third-order valence-corrected chi connectivity index (χ3v) is 4.12. The van der Waals surface area contributed by atoms with Crippen LogP contribution in [0.25, 0.3) is 0 Å². The molecular formula is C19H17N3O5. The minimum atomic E-state index is -0.777. The lowest BCUT2D eigenvalue weighted by molar-refractivity contribution is -0.384. The topological polar surface area (TPSA) is 102 Å². The third-order valence-electron chi connectivity index (χ3n) is 4.12. The fourth-order valence-corrected chi connectivity index (χ4v) is 2.85. The van der Waals surface area contributed by atoms with Gasteiger partial charge in [-0.2, -0.15) is 5.10 Å². The molecule has 1 heterocycles. The largest absolute Gasteiger partial charge is 0.461 e. The minimum absolute atomic E-state index is 0.0403. The Labute approximate surface area is 155 Å². The van der Waals surface area contributed by atoms with E-state index in [9.17, 15) is 19.7 Å². The molecule has 0 aromatic heterocycles. The molecule has 0 radical (unpaired) electrons. The summed E-state index contributed by atoms with van der Waals surface area (Å²) in [5, 5.41) is 16.7. The second-order valence-electron chi connectivity index (χ2n) is 5.84. The molecule has 0 saturated carbocycles. The molecule has 1 aliphatic rings. The highest BCUT2D eigenvalue weighted by atomic mass is 16.6. The number of hydrazone groups is 1. The van der Waals surface area contributed by atoms with Crippen molar-refractivity contribution in [2.75, 3.05) is 11.6 Å². The van der Waals surface area contributed by atoms with Gasteiger partial charge in [0.05, 0.1) is 23.3 Å². The van der Waals surface area contributed by atoms with Crippen molar-refractivity contribution in [1.82, 2.24) is 0 Å². The Kier molecular flexibility index (Phi) is 5.25. The van der Waals surface area contributed by atoms with E-state index in [4.69, 9.17) is 4.74 Å². The Morgan fingerprint density at radius 3 is 2.48 bits per heavy atom. The van der Waals surface area contributed by atoms with Gasteiger partial charge in [0.15, 0.2) is 5.78 Å². The number of nitrogens with zero attached hydrogens (tertiary/aromatic N) is 3. The maximum Gasteiger partial charge on any atom is 0.362 e. The highest BCUT2D eigenvalue weighted by Gasteiger charge is 2.35. The van der Waals surface area contributed by atoms with Gasteiger partial charge in [-0.25, -0.2) is 4.79 Å². The van der Waals surface area contributed by atoms with Crippen molar-refractivity contribution < 1.29 is 19.2 Å². The number of hydrogen-bond donors (Lipinski definition) is 0. The van der Waals surface area contributed by atoms with E-state index in [1.807, 2.05) is 30.3 Å². The van der Waals surface area contributed by atoms with E-state index >= 15 is 0 Å². The van der Waals surface area contributed by atoms with Crippen LogP contribution in [0.4, 0.5) is 11.4 Å². The predicted octanol–water partition coefficient (Wildman–Crippen LogP) is 3.03. The number of carbonyl (C=O) groups excluding carboxylic acids is 2. The van der Waals surface area contributed by atoms with Crippen LogP contribution in [-0.2, 0) is 14.3 Å². The van der Waals surface area contributed by atoms with Gasteiger partial charge in [-0.05, 0) is 24.6 Å². The zero-order chi connectivity index (χ0) is 19.4. The highest BCUT2D eigenvalue weighted by molar-refractivity contribution is 6.64. The second kappa shape index (κ2) is 7.77. The molecule has 27 heavy (non-hydrogen) atoms. The quantitative estimate of drug-likeness (QED) is 0.457. The summed E-state index contributed by atoms with van der Waals surface area (Å²) in [6.07, 6.45) is 0.0403. The number of hydrogen-bond acceptors (Lipinski definition) is 7. The zero-order valence-electron chi connectivity index (χ0n) is 14.6. The molecule has 2 aromatic carbocycles. The molecule has 2 aromatic rings. The average molecular weight is 367 g/mol. The smallest absolute Gasteiger partial charge is 0.362 e. The summed E-state index contributed by atoms with van der Waals surface area (Å²) in [5.41, 5.74) is 1.04. The van der Waals surface area contributed by atoms with E-state index in [2.05, 4.69) is 5.10 Å². The molecule has 0 aliphatic carbocycles. The number of esters is 1. The summed E-state index contributed by atoms with van der Waals surface area (Å²) >= 11 is 0. The lowest BCUT2D eigenvalue weighted by Crippen LogP contribution is -2.39. The summed E-state index contributed by atoms with van der Waals surface area (Å²) in [6.45, 7) is 1.78.